The van der Waals surface area contributed by atoms with Gasteiger partial charge in [-0.15, -0.1) is 0 Å². The maximum Gasteiger partial charge on any atom is 0.140 e. The van der Waals surface area contributed by atoms with E-state index in [2.05, 4.69) is 22.3 Å². The summed E-state index contributed by atoms with van der Waals surface area (Å²) < 4.78 is 1.90. The van der Waals surface area contributed by atoms with E-state index in [9.17, 15) is 5.11 Å². The van der Waals surface area contributed by atoms with Crippen molar-refractivity contribution in [1.29, 1.82) is 0 Å². The Bertz CT molecular complexity index is 309. The fourth-order valence-electron chi connectivity index (χ4n) is 1.39. The molecule has 0 saturated carbocycles. The lowest BCUT2D eigenvalue weighted by Crippen LogP contribution is -2.37. The number of nitrogens with one attached hydrogen (secondary N) is 1. The quantitative estimate of drug-likeness (QED) is 0.726. The number of aryl methyl sites for hydroxylation is 1. The molecular formula is C11H22N4O. The summed E-state index contributed by atoms with van der Waals surface area (Å²) in [7, 11) is 0. The van der Waals surface area contributed by atoms with Gasteiger partial charge in [-0.3, -0.25) is 0 Å². The maximum absolute atomic E-state index is 9.82. The molecule has 0 aliphatic rings. The number of rotatable bonds is 7. The Kier molecular flexibility index (Phi) is 4.89. The molecule has 0 radical (unpaired) electrons. The highest BCUT2D eigenvalue weighted by molar-refractivity contribution is 4.85. The van der Waals surface area contributed by atoms with Gasteiger partial charge in [0.2, 0.25) is 0 Å². The molecular weight excluding hydrogens is 204 g/mol. The molecule has 0 aliphatic heterocycles. The van der Waals surface area contributed by atoms with Crippen LogP contribution < -0.4 is 5.32 Å². The minimum atomic E-state index is -0.643. The topological polar surface area (TPSA) is 63.0 Å². The molecule has 1 aromatic heterocycles. The van der Waals surface area contributed by atoms with Crippen molar-refractivity contribution in [3.63, 3.8) is 0 Å². The monoisotopic (exact) mass is 226 g/mol. The molecule has 5 heteroatoms. The van der Waals surface area contributed by atoms with E-state index in [-0.39, 0.29) is 0 Å². The number of aliphatic hydroxyl groups is 1. The fourth-order valence-corrected chi connectivity index (χ4v) is 1.39. The van der Waals surface area contributed by atoms with Gasteiger partial charge >= 0.3 is 0 Å². The van der Waals surface area contributed by atoms with Crippen LogP contribution in [0.15, 0.2) is 6.33 Å². The van der Waals surface area contributed by atoms with E-state index in [1.165, 1.54) is 0 Å². The van der Waals surface area contributed by atoms with Gasteiger partial charge in [-0.05, 0) is 19.8 Å². The van der Waals surface area contributed by atoms with Crippen molar-refractivity contribution >= 4 is 0 Å². The summed E-state index contributed by atoms with van der Waals surface area (Å²) in [5.74, 6) is 0.925. The Morgan fingerprint density at radius 2 is 2.25 bits per heavy atom. The summed E-state index contributed by atoms with van der Waals surface area (Å²) >= 11 is 0. The van der Waals surface area contributed by atoms with E-state index in [4.69, 9.17) is 0 Å². The van der Waals surface area contributed by atoms with Crippen LogP contribution in [-0.2, 0) is 13.1 Å². The van der Waals surface area contributed by atoms with Gasteiger partial charge in [0, 0.05) is 13.1 Å². The first-order chi connectivity index (χ1) is 7.59. The molecule has 1 aromatic rings. The predicted octanol–water partition coefficient (Wildman–Crippen LogP) is 0.939. The molecule has 16 heavy (non-hydrogen) atoms. The molecule has 0 amide bonds. The van der Waals surface area contributed by atoms with Gasteiger partial charge in [0.05, 0.1) is 12.1 Å². The molecule has 0 saturated heterocycles. The van der Waals surface area contributed by atoms with Gasteiger partial charge in [-0.25, -0.2) is 9.67 Å². The summed E-state index contributed by atoms with van der Waals surface area (Å²) in [6, 6.07) is 0. The molecule has 0 fully saturated rings. The largest absolute Gasteiger partial charge is 0.389 e. The molecule has 1 heterocycles. The van der Waals surface area contributed by atoms with Gasteiger partial charge < -0.3 is 10.4 Å². The fraction of sp³-hybridized carbons (Fsp3) is 0.818. The molecule has 5 nitrogen and oxygen atoms in total. The normalized spacial score (nSPS) is 15.0. The Hall–Kier alpha value is -0.940. The van der Waals surface area contributed by atoms with E-state index in [1.807, 2.05) is 18.5 Å². The number of hydrogen-bond acceptors (Lipinski definition) is 4. The van der Waals surface area contributed by atoms with Crippen LogP contribution in [0.25, 0.3) is 0 Å². The third-order valence-corrected chi connectivity index (χ3v) is 2.68. The standard InChI is InChI=1S/C11H22N4O/c1-4-6-15-10(13-9-14-15)7-12-8-11(3,16)5-2/h9,12,16H,4-8H2,1-3H3. The first-order valence-electron chi connectivity index (χ1n) is 5.89. The van der Waals surface area contributed by atoms with Crippen molar-refractivity contribution in [1.82, 2.24) is 20.1 Å². The molecule has 0 bridgehead atoms. The lowest BCUT2D eigenvalue weighted by atomic mass is 10.0. The zero-order valence-electron chi connectivity index (χ0n) is 10.4. The Balaban J connectivity index is 2.39. The van der Waals surface area contributed by atoms with Gasteiger partial charge in [-0.2, -0.15) is 5.10 Å². The zero-order valence-corrected chi connectivity index (χ0v) is 10.4. The Morgan fingerprint density at radius 3 is 2.88 bits per heavy atom. The number of aromatic nitrogens is 3. The first kappa shape index (κ1) is 13.1. The molecule has 0 spiro atoms. The van der Waals surface area contributed by atoms with Crippen LogP contribution in [0.5, 0.6) is 0 Å². The Morgan fingerprint density at radius 1 is 1.50 bits per heavy atom. The number of nitrogens with zero attached hydrogens (tertiary/aromatic N) is 3. The molecule has 0 aromatic carbocycles. The van der Waals surface area contributed by atoms with Crippen molar-refractivity contribution in [2.24, 2.45) is 0 Å². The van der Waals surface area contributed by atoms with E-state index in [0.29, 0.717) is 13.1 Å². The van der Waals surface area contributed by atoms with E-state index < -0.39 is 5.60 Å². The average molecular weight is 226 g/mol. The highest BCUT2D eigenvalue weighted by Gasteiger charge is 2.16. The summed E-state index contributed by atoms with van der Waals surface area (Å²) in [6.45, 7) is 8.03. The minimum absolute atomic E-state index is 0.572. The molecule has 92 valence electrons. The maximum atomic E-state index is 9.82. The van der Waals surface area contributed by atoms with Crippen molar-refractivity contribution in [2.75, 3.05) is 6.54 Å². The third kappa shape index (κ3) is 3.90. The van der Waals surface area contributed by atoms with Crippen LogP contribution in [0.3, 0.4) is 0 Å². The smallest absolute Gasteiger partial charge is 0.140 e. The molecule has 1 unspecified atom stereocenters. The Labute approximate surface area is 96.9 Å². The van der Waals surface area contributed by atoms with Crippen LogP contribution in [0.2, 0.25) is 0 Å². The number of hydrogen-bond donors (Lipinski definition) is 2. The third-order valence-electron chi connectivity index (χ3n) is 2.68. The second-order valence-electron chi connectivity index (χ2n) is 4.35. The average Bonchev–Trinajstić information content (AvgIpc) is 2.66. The zero-order chi connectivity index (χ0) is 12.0. The SMILES string of the molecule is CCCn1ncnc1CNCC(C)(O)CC. The molecule has 2 N–H and O–H groups in total. The summed E-state index contributed by atoms with van der Waals surface area (Å²) in [6.07, 6.45) is 3.36. The van der Waals surface area contributed by atoms with E-state index in [0.717, 1.165) is 25.2 Å². The van der Waals surface area contributed by atoms with Crippen molar-refractivity contribution in [3.8, 4) is 0 Å². The molecule has 1 atom stereocenters. The van der Waals surface area contributed by atoms with Gasteiger partial charge in [-0.1, -0.05) is 13.8 Å². The van der Waals surface area contributed by atoms with Crippen LogP contribution >= 0.6 is 0 Å². The van der Waals surface area contributed by atoms with Gasteiger partial charge in [0.15, 0.2) is 0 Å². The van der Waals surface area contributed by atoms with Crippen LogP contribution in [0, 0.1) is 0 Å². The van der Waals surface area contributed by atoms with E-state index >= 15 is 0 Å². The second-order valence-corrected chi connectivity index (χ2v) is 4.35. The van der Waals surface area contributed by atoms with Gasteiger partial charge in [0.25, 0.3) is 0 Å². The van der Waals surface area contributed by atoms with Gasteiger partial charge in [0.1, 0.15) is 12.2 Å². The van der Waals surface area contributed by atoms with Crippen molar-refractivity contribution in [3.05, 3.63) is 12.2 Å². The highest BCUT2D eigenvalue weighted by atomic mass is 16.3. The molecule has 1 rings (SSSR count). The first-order valence-corrected chi connectivity index (χ1v) is 5.89. The van der Waals surface area contributed by atoms with E-state index in [1.54, 1.807) is 6.33 Å². The van der Waals surface area contributed by atoms with Crippen molar-refractivity contribution < 1.29 is 5.11 Å². The highest BCUT2D eigenvalue weighted by Crippen LogP contribution is 2.06. The molecule has 0 aliphatic carbocycles. The van der Waals surface area contributed by atoms with Crippen LogP contribution in [0.1, 0.15) is 39.4 Å². The minimum Gasteiger partial charge on any atom is -0.389 e. The summed E-state index contributed by atoms with van der Waals surface area (Å²) in [4.78, 5) is 4.19. The lowest BCUT2D eigenvalue weighted by Gasteiger charge is -2.21. The van der Waals surface area contributed by atoms with Crippen molar-refractivity contribution in [2.45, 2.75) is 52.3 Å². The summed E-state index contributed by atoms with van der Waals surface area (Å²) in [5, 5.41) is 17.2. The lowest BCUT2D eigenvalue weighted by molar-refractivity contribution is 0.0553. The van der Waals surface area contributed by atoms with Crippen LogP contribution in [-0.4, -0.2) is 32.0 Å². The van der Waals surface area contributed by atoms with Crippen LogP contribution in [0.4, 0.5) is 0 Å². The summed E-state index contributed by atoms with van der Waals surface area (Å²) in [5.41, 5.74) is -0.643. The second kappa shape index (κ2) is 5.96. The predicted molar refractivity (Wildman–Crippen MR) is 62.9 cm³/mol.